The average Bonchev–Trinajstić information content (AvgIpc) is 3.25. The van der Waals surface area contributed by atoms with Gasteiger partial charge in [0.1, 0.15) is 6.54 Å². The lowest BCUT2D eigenvalue weighted by atomic mass is 10.1. The average molecular weight is 349 g/mol. The number of benzene rings is 2. The van der Waals surface area contributed by atoms with Crippen LogP contribution in [0, 0.1) is 10.1 Å². The number of nitrogens with zero attached hydrogens (tertiary/aromatic N) is 3. The van der Waals surface area contributed by atoms with Gasteiger partial charge in [0, 0.05) is 36.3 Å². The van der Waals surface area contributed by atoms with Crippen molar-refractivity contribution < 1.29 is 9.72 Å². The summed E-state index contributed by atoms with van der Waals surface area (Å²) in [5, 5.41) is 11.7. The van der Waals surface area contributed by atoms with E-state index in [2.05, 4.69) is 12.1 Å². The third-order valence-electron chi connectivity index (χ3n) is 5.23. The van der Waals surface area contributed by atoms with E-state index in [9.17, 15) is 14.9 Å². The van der Waals surface area contributed by atoms with Crippen LogP contribution < -0.4 is 0 Å². The van der Waals surface area contributed by atoms with E-state index in [1.54, 1.807) is 12.1 Å². The molecule has 1 unspecified atom stereocenters. The predicted molar refractivity (Wildman–Crippen MR) is 98.9 cm³/mol. The summed E-state index contributed by atoms with van der Waals surface area (Å²) in [4.78, 5) is 25.1. The van der Waals surface area contributed by atoms with E-state index < -0.39 is 4.92 Å². The van der Waals surface area contributed by atoms with Crippen LogP contribution >= 0.6 is 0 Å². The van der Waals surface area contributed by atoms with Crippen molar-refractivity contribution in [1.29, 1.82) is 0 Å². The number of non-ortho nitro benzene ring substituents is 1. The molecule has 0 radical (unpaired) electrons. The van der Waals surface area contributed by atoms with Crippen molar-refractivity contribution in [3.8, 4) is 0 Å². The van der Waals surface area contributed by atoms with Crippen molar-refractivity contribution in [1.82, 2.24) is 9.47 Å². The summed E-state index contributed by atoms with van der Waals surface area (Å²) in [5.41, 5.74) is 3.43. The Balaban J connectivity index is 1.55. The molecular weight excluding hydrogens is 330 g/mol. The van der Waals surface area contributed by atoms with Gasteiger partial charge in [0.05, 0.1) is 11.0 Å². The number of fused-ring (bicyclic) bond motifs is 2. The molecule has 1 aliphatic rings. The molecule has 0 saturated carbocycles. The normalized spacial score (nSPS) is 15.8. The Hall–Kier alpha value is -3.15. The summed E-state index contributed by atoms with van der Waals surface area (Å²) in [6, 6.07) is 14.9. The van der Waals surface area contributed by atoms with Crippen molar-refractivity contribution >= 4 is 22.5 Å². The zero-order chi connectivity index (χ0) is 18.3. The van der Waals surface area contributed by atoms with Crippen LogP contribution in [0.4, 0.5) is 5.69 Å². The SMILES string of the molecule is CN(C(=O)Cn1ccc2cc([N+](=O)[O-])ccc21)C1CCc2ccccc21. The lowest BCUT2D eigenvalue weighted by molar-refractivity contribution is -0.384. The Bertz CT molecular complexity index is 1010. The molecule has 0 fully saturated rings. The van der Waals surface area contributed by atoms with Crippen LogP contribution in [0.25, 0.3) is 10.9 Å². The number of carbonyl (C=O) groups is 1. The van der Waals surface area contributed by atoms with Crippen LogP contribution in [-0.2, 0) is 17.8 Å². The number of amides is 1. The molecule has 4 rings (SSSR count). The summed E-state index contributed by atoms with van der Waals surface area (Å²) in [5.74, 6) is 0.0301. The monoisotopic (exact) mass is 349 g/mol. The van der Waals surface area contributed by atoms with Crippen molar-refractivity contribution in [3.05, 3.63) is 76.0 Å². The topological polar surface area (TPSA) is 68.4 Å². The first-order valence-corrected chi connectivity index (χ1v) is 8.61. The van der Waals surface area contributed by atoms with E-state index in [4.69, 9.17) is 0 Å². The number of hydrogen-bond donors (Lipinski definition) is 0. The smallest absolute Gasteiger partial charge is 0.270 e. The van der Waals surface area contributed by atoms with Gasteiger partial charge in [0.15, 0.2) is 0 Å². The summed E-state index contributed by atoms with van der Waals surface area (Å²) in [6.45, 7) is 0.219. The number of nitro groups is 1. The van der Waals surface area contributed by atoms with Gasteiger partial charge in [-0.05, 0) is 36.1 Å². The molecule has 0 bridgehead atoms. The molecular formula is C20H19N3O3. The van der Waals surface area contributed by atoms with Gasteiger partial charge in [-0.15, -0.1) is 0 Å². The Morgan fingerprint density at radius 3 is 2.88 bits per heavy atom. The summed E-state index contributed by atoms with van der Waals surface area (Å²) in [7, 11) is 1.85. The van der Waals surface area contributed by atoms with E-state index in [0.717, 1.165) is 23.7 Å². The highest BCUT2D eigenvalue weighted by Gasteiger charge is 2.28. The quantitative estimate of drug-likeness (QED) is 0.533. The zero-order valence-corrected chi connectivity index (χ0v) is 14.5. The van der Waals surface area contributed by atoms with Crippen molar-refractivity contribution in [2.24, 2.45) is 0 Å². The molecule has 6 nitrogen and oxygen atoms in total. The van der Waals surface area contributed by atoms with Gasteiger partial charge in [0.2, 0.25) is 5.91 Å². The molecule has 1 aliphatic carbocycles. The van der Waals surface area contributed by atoms with E-state index in [0.29, 0.717) is 0 Å². The molecule has 6 heteroatoms. The molecule has 0 saturated heterocycles. The van der Waals surface area contributed by atoms with Crippen molar-refractivity contribution in [2.75, 3.05) is 7.05 Å². The molecule has 132 valence electrons. The second kappa shape index (κ2) is 6.29. The van der Waals surface area contributed by atoms with E-state index in [1.165, 1.54) is 23.3 Å². The maximum absolute atomic E-state index is 12.8. The first-order valence-electron chi connectivity index (χ1n) is 8.61. The summed E-state index contributed by atoms with van der Waals surface area (Å²) < 4.78 is 1.85. The first-order chi connectivity index (χ1) is 12.5. The third kappa shape index (κ3) is 2.73. The first kappa shape index (κ1) is 16.3. The highest BCUT2D eigenvalue weighted by Crippen LogP contribution is 2.35. The molecule has 0 aliphatic heterocycles. The number of nitro benzene ring substituents is 1. The number of aromatic nitrogens is 1. The lowest BCUT2D eigenvalue weighted by Crippen LogP contribution is -2.32. The summed E-state index contributed by atoms with van der Waals surface area (Å²) >= 11 is 0. The van der Waals surface area contributed by atoms with Gasteiger partial charge in [-0.2, -0.15) is 0 Å². The van der Waals surface area contributed by atoms with Crippen LogP contribution in [0.1, 0.15) is 23.6 Å². The van der Waals surface area contributed by atoms with E-state index >= 15 is 0 Å². The molecule has 26 heavy (non-hydrogen) atoms. The van der Waals surface area contributed by atoms with Crippen molar-refractivity contribution in [3.63, 3.8) is 0 Å². The van der Waals surface area contributed by atoms with Gasteiger partial charge >= 0.3 is 0 Å². The highest BCUT2D eigenvalue weighted by molar-refractivity contribution is 5.85. The highest BCUT2D eigenvalue weighted by atomic mass is 16.6. The van der Waals surface area contributed by atoms with Crippen LogP contribution in [0.2, 0.25) is 0 Å². The zero-order valence-electron chi connectivity index (χ0n) is 14.5. The van der Waals surface area contributed by atoms with Gasteiger partial charge in [-0.3, -0.25) is 14.9 Å². The molecule has 1 aromatic heterocycles. The summed E-state index contributed by atoms with van der Waals surface area (Å²) in [6.07, 6.45) is 3.75. The second-order valence-electron chi connectivity index (χ2n) is 6.70. The molecule has 0 N–H and O–H groups in total. The van der Waals surface area contributed by atoms with Crippen LogP contribution in [0.5, 0.6) is 0 Å². The predicted octanol–water partition coefficient (Wildman–Crippen LogP) is 3.70. The van der Waals surface area contributed by atoms with Gasteiger partial charge < -0.3 is 9.47 Å². The Morgan fingerprint density at radius 2 is 2.08 bits per heavy atom. The standard InChI is InChI=1S/C20H19N3O3/c1-21(19-8-6-14-4-2-3-5-17(14)19)20(24)13-22-11-10-15-12-16(23(25)26)7-9-18(15)22/h2-5,7,9-12,19H,6,8,13H2,1H3. The number of aryl methyl sites for hydroxylation is 1. The Labute approximate surface area is 150 Å². The Kier molecular flexibility index (Phi) is 3.95. The number of rotatable bonds is 4. The minimum atomic E-state index is -0.409. The molecule has 1 atom stereocenters. The minimum Gasteiger partial charge on any atom is -0.338 e. The number of likely N-dealkylation sites (N-methyl/N-ethyl adjacent to an activating group) is 1. The maximum Gasteiger partial charge on any atom is 0.270 e. The van der Waals surface area contributed by atoms with E-state index in [-0.39, 0.29) is 24.2 Å². The molecule has 2 aromatic carbocycles. The number of carbonyl (C=O) groups excluding carboxylic acids is 1. The fourth-order valence-corrected chi connectivity index (χ4v) is 3.81. The van der Waals surface area contributed by atoms with E-state index in [1.807, 2.05) is 34.8 Å². The third-order valence-corrected chi connectivity index (χ3v) is 5.23. The van der Waals surface area contributed by atoms with Gasteiger partial charge in [-0.1, -0.05) is 24.3 Å². The fourth-order valence-electron chi connectivity index (χ4n) is 3.81. The fraction of sp³-hybridized carbons (Fsp3) is 0.250. The lowest BCUT2D eigenvalue weighted by Gasteiger charge is -2.26. The molecule has 0 spiro atoms. The molecule has 1 amide bonds. The minimum absolute atomic E-state index is 0.0301. The van der Waals surface area contributed by atoms with Gasteiger partial charge in [-0.25, -0.2) is 0 Å². The Morgan fingerprint density at radius 1 is 1.27 bits per heavy atom. The van der Waals surface area contributed by atoms with Crippen molar-refractivity contribution in [2.45, 2.75) is 25.4 Å². The maximum atomic E-state index is 12.8. The van der Waals surface area contributed by atoms with Crippen LogP contribution in [0.15, 0.2) is 54.7 Å². The second-order valence-corrected chi connectivity index (χ2v) is 6.70. The van der Waals surface area contributed by atoms with Crippen LogP contribution in [0.3, 0.4) is 0 Å². The number of hydrogen-bond acceptors (Lipinski definition) is 3. The van der Waals surface area contributed by atoms with Gasteiger partial charge in [0.25, 0.3) is 5.69 Å². The molecule has 1 heterocycles. The van der Waals surface area contributed by atoms with Crippen LogP contribution in [-0.4, -0.2) is 27.3 Å². The molecule has 3 aromatic rings. The largest absolute Gasteiger partial charge is 0.338 e.